The van der Waals surface area contributed by atoms with E-state index >= 15 is 0 Å². The van der Waals surface area contributed by atoms with Crippen molar-refractivity contribution in [3.63, 3.8) is 0 Å². The smallest absolute Gasteiger partial charge is 0.144 e. The lowest BCUT2D eigenvalue weighted by molar-refractivity contribution is 0.562. The van der Waals surface area contributed by atoms with Crippen LogP contribution in [0, 0.1) is 0 Å². The maximum Gasteiger partial charge on any atom is 0.144 e. The summed E-state index contributed by atoms with van der Waals surface area (Å²) < 4.78 is 15.1. The summed E-state index contributed by atoms with van der Waals surface area (Å²) in [6, 6.07) is 0. The second-order valence-corrected chi connectivity index (χ2v) is 5.70. The average Bonchev–Trinajstić information content (AvgIpc) is 2.14. The van der Waals surface area contributed by atoms with E-state index in [9.17, 15) is 4.55 Å². The topological polar surface area (TPSA) is 61.2 Å². The van der Waals surface area contributed by atoms with Crippen molar-refractivity contribution in [3.8, 4) is 0 Å². The van der Waals surface area contributed by atoms with Crippen LogP contribution in [0.3, 0.4) is 0 Å². The molecule has 0 fully saturated rings. The van der Waals surface area contributed by atoms with Crippen LogP contribution in [0.5, 0.6) is 0 Å². The Morgan fingerprint density at radius 1 is 1.36 bits per heavy atom. The average molecular weight is 211 g/mol. The number of hydrogen-bond acceptors (Lipinski definition) is 4. The van der Waals surface area contributed by atoms with E-state index in [2.05, 4.69) is 14.4 Å². The Labute approximate surface area is 86.8 Å². The second-order valence-electron chi connectivity index (χ2n) is 3.77. The van der Waals surface area contributed by atoms with Gasteiger partial charge in [-0.05, 0) is 20.8 Å². The quantitative estimate of drug-likeness (QED) is 0.548. The molecule has 1 atom stereocenters. The van der Waals surface area contributed by atoms with Gasteiger partial charge in [-0.2, -0.15) is 0 Å². The Morgan fingerprint density at radius 2 is 1.93 bits per heavy atom. The predicted octanol–water partition coefficient (Wildman–Crippen LogP) is 1.36. The fourth-order valence-corrected chi connectivity index (χ4v) is 1.18. The van der Waals surface area contributed by atoms with Crippen LogP contribution < -0.4 is 0 Å². The minimum absolute atomic E-state index is 0.327. The molecule has 76 valence electrons. The van der Waals surface area contributed by atoms with Gasteiger partial charge in [0, 0.05) is 18.0 Å². The molecule has 0 saturated carbocycles. The lowest BCUT2D eigenvalue weighted by Gasteiger charge is -2.17. The molecule has 0 amide bonds. The van der Waals surface area contributed by atoms with Crippen molar-refractivity contribution in [3.05, 3.63) is 24.3 Å². The molecule has 0 aromatic carbocycles. The summed E-state index contributed by atoms with van der Waals surface area (Å²) in [4.78, 5) is 7.65. The van der Waals surface area contributed by atoms with Crippen molar-refractivity contribution in [1.29, 1.82) is 0 Å². The van der Waals surface area contributed by atoms with E-state index < -0.39 is 11.4 Å². The van der Waals surface area contributed by atoms with Crippen LogP contribution in [0.1, 0.15) is 26.3 Å². The van der Waals surface area contributed by atoms with E-state index in [1.54, 1.807) is 12.4 Å². The van der Waals surface area contributed by atoms with Crippen LogP contribution in [0.4, 0.5) is 0 Å². The lowest BCUT2D eigenvalue weighted by Crippen LogP contribution is -2.25. The van der Waals surface area contributed by atoms with Crippen molar-refractivity contribution in [2.24, 2.45) is 4.40 Å². The summed E-state index contributed by atoms with van der Waals surface area (Å²) >= 11 is -1.22. The molecule has 1 aromatic rings. The molecule has 0 aliphatic rings. The van der Waals surface area contributed by atoms with E-state index in [4.69, 9.17) is 0 Å². The fourth-order valence-electron chi connectivity index (χ4n) is 0.644. The largest absolute Gasteiger partial charge is 0.591 e. The highest BCUT2D eigenvalue weighted by Crippen LogP contribution is 2.16. The van der Waals surface area contributed by atoms with E-state index in [1.165, 1.54) is 12.5 Å². The summed E-state index contributed by atoms with van der Waals surface area (Å²) in [6.45, 7) is 5.63. The van der Waals surface area contributed by atoms with Crippen molar-refractivity contribution < 1.29 is 4.55 Å². The molecule has 14 heavy (non-hydrogen) atoms. The number of aromatic nitrogens is 2. The van der Waals surface area contributed by atoms with E-state index in [-0.39, 0.29) is 4.75 Å². The first kappa shape index (κ1) is 11.1. The van der Waals surface area contributed by atoms with Gasteiger partial charge < -0.3 is 4.55 Å². The minimum atomic E-state index is -1.22. The molecule has 0 aliphatic carbocycles. The fraction of sp³-hybridized carbons (Fsp3) is 0.444. The van der Waals surface area contributed by atoms with E-state index in [0.29, 0.717) is 0 Å². The number of nitrogens with zero attached hydrogens (tertiary/aromatic N) is 3. The molecule has 0 saturated heterocycles. The van der Waals surface area contributed by atoms with Crippen LogP contribution in [0.2, 0.25) is 0 Å². The number of rotatable bonds is 2. The number of hydrogen-bond donors (Lipinski definition) is 0. The third kappa shape index (κ3) is 3.43. The van der Waals surface area contributed by atoms with Gasteiger partial charge in [0.25, 0.3) is 0 Å². The summed E-state index contributed by atoms with van der Waals surface area (Å²) in [6.07, 6.45) is 6.21. The van der Waals surface area contributed by atoms with Gasteiger partial charge in [-0.15, -0.1) is 0 Å². The summed E-state index contributed by atoms with van der Waals surface area (Å²) in [5, 5.41) is 0. The first-order chi connectivity index (χ1) is 6.50. The lowest BCUT2D eigenvalue weighted by atomic mass is 10.3. The molecule has 0 spiro atoms. The minimum Gasteiger partial charge on any atom is -0.591 e. The molecule has 0 N–H and O–H groups in total. The van der Waals surface area contributed by atoms with E-state index in [1.807, 2.05) is 20.8 Å². The molecule has 5 heteroatoms. The molecular weight excluding hydrogens is 198 g/mol. The highest BCUT2D eigenvalue weighted by atomic mass is 32.2. The van der Waals surface area contributed by atoms with Crippen LogP contribution in [0.15, 0.2) is 23.1 Å². The van der Waals surface area contributed by atoms with Crippen molar-refractivity contribution in [1.82, 2.24) is 9.97 Å². The molecule has 1 aromatic heterocycles. The van der Waals surface area contributed by atoms with Gasteiger partial charge in [-0.1, -0.05) is 4.40 Å². The highest BCUT2D eigenvalue weighted by molar-refractivity contribution is 7.91. The third-order valence-corrected chi connectivity index (χ3v) is 2.75. The molecule has 1 heterocycles. The van der Waals surface area contributed by atoms with Gasteiger partial charge >= 0.3 is 0 Å². The maximum absolute atomic E-state index is 11.5. The van der Waals surface area contributed by atoms with Crippen LogP contribution in [-0.2, 0) is 11.4 Å². The maximum atomic E-state index is 11.5. The van der Waals surface area contributed by atoms with Crippen molar-refractivity contribution in [2.45, 2.75) is 25.5 Å². The highest BCUT2D eigenvalue weighted by Gasteiger charge is 2.25. The van der Waals surface area contributed by atoms with Gasteiger partial charge in [0.2, 0.25) is 0 Å². The van der Waals surface area contributed by atoms with Crippen LogP contribution in [-0.4, -0.2) is 25.5 Å². The third-order valence-electron chi connectivity index (χ3n) is 1.40. The Bertz CT molecular complexity index is 308. The van der Waals surface area contributed by atoms with Gasteiger partial charge in [0.15, 0.2) is 0 Å². The van der Waals surface area contributed by atoms with Crippen LogP contribution >= 0.6 is 0 Å². The standard InChI is InChI=1S/C9H13N3OS/c1-9(2,3)14(13)12-6-8-4-10-7-11-5-8/h4-7H,1-3H3/b12-6+. The van der Waals surface area contributed by atoms with E-state index in [0.717, 1.165) is 5.56 Å². The normalized spacial score (nSPS) is 14.6. The van der Waals surface area contributed by atoms with Gasteiger partial charge in [0.1, 0.15) is 22.4 Å². The first-order valence-corrected chi connectivity index (χ1v) is 5.32. The monoisotopic (exact) mass is 211 g/mol. The second kappa shape index (κ2) is 4.52. The molecule has 0 aliphatic heterocycles. The summed E-state index contributed by atoms with van der Waals surface area (Å²) in [5.41, 5.74) is 0.755. The Kier molecular flexibility index (Phi) is 3.60. The molecule has 4 nitrogen and oxygen atoms in total. The van der Waals surface area contributed by atoms with Crippen molar-refractivity contribution >= 4 is 17.6 Å². The Morgan fingerprint density at radius 3 is 2.43 bits per heavy atom. The SMILES string of the molecule is CC(C)(C)[S+]([O-])/N=C/c1cncnc1. The molecular formula is C9H13N3OS. The molecule has 1 rings (SSSR count). The molecule has 0 bridgehead atoms. The van der Waals surface area contributed by atoms with Gasteiger partial charge in [0.05, 0.1) is 6.21 Å². The van der Waals surface area contributed by atoms with Gasteiger partial charge in [-0.3, -0.25) is 0 Å². The summed E-state index contributed by atoms with van der Waals surface area (Å²) in [5.74, 6) is 0. The summed E-state index contributed by atoms with van der Waals surface area (Å²) in [7, 11) is 0. The first-order valence-electron chi connectivity index (χ1n) is 4.21. The van der Waals surface area contributed by atoms with Crippen molar-refractivity contribution in [2.75, 3.05) is 0 Å². The van der Waals surface area contributed by atoms with Crippen LogP contribution in [0.25, 0.3) is 0 Å². The Balaban J connectivity index is 2.66. The zero-order chi connectivity index (χ0) is 10.6. The zero-order valence-corrected chi connectivity index (χ0v) is 9.28. The molecule has 1 unspecified atom stereocenters. The zero-order valence-electron chi connectivity index (χ0n) is 8.47. The Hall–Kier alpha value is -0.940. The van der Waals surface area contributed by atoms with Gasteiger partial charge in [-0.25, -0.2) is 9.97 Å². The molecule has 0 radical (unpaired) electrons. The predicted molar refractivity (Wildman–Crippen MR) is 57.5 cm³/mol.